The van der Waals surface area contributed by atoms with Crippen LogP contribution in [0.4, 0.5) is 16.6 Å². The summed E-state index contributed by atoms with van der Waals surface area (Å²) in [6.45, 7) is 12.7. The predicted molar refractivity (Wildman–Crippen MR) is 291 cm³/mol. The molecule has 3 aliphatic rings. The van der Waals surface area contributed by atoms with E-state index in [1.165, 1.54) is 11.3 Å². The minimum atomic E-state index is -0.755. The molecule has 0 spiro atoms. The first-order valence-corrected chi connectivity index (χ1v) is 26.7. The highest BCUT2D eigenvalue weighted by molar-refractivity contribution is 7.22. The van der Waals surface area contributed by atoms with Crippen molar-refractivity contribution in [1.29, 1.82) is 0 Å². The number of benzene rings is 4. The van der Waals surface area contributed by atoms with E-state index in [1.54, 1.807) is 4.68 Å². The Morgan fingerprint density at radius 1 is 0.880 bits per heavy atom. The Kier molecular flexibility index (Phi) is 14.5. The second kappa shape index (κ2) is 21.4. The second-order valence-electron chi connectivity index (χ2n) is 21.1. The fourth-order valence-electron chi connectivity index (χ4n) is 10.6. The molecule has 4 amide bonds. The van der Waals surface area contributed by atoms with Crippen LogP contribution in [-0.2, 0) is 39.1 Å². The molecule has 0 saturated carbocycles. The van der Waals surface area contributed by atoms with Crippen molar-refractivity contribution >= 4 is 78.7 Å². The molecule has 2 fully saturated rings. The van der Waals surface area contributed by atoms with E-state index in [1.807, 2.05) is 120 Å². The number of ether oxygens (including phenoxy) is 2. The number of amides is 4. The fraction of sp³-hybridized carbons (Fsp3) is 0.379. The summed E-state index contributed by atoms with van der Waals surface area (Å²) in [6, 6.07) is 29.0. The molecule has 388 valence electrons. The number of esters is 1. The number of piperidine rings is 2. The highest BCUT2D eigenvalue weighted by Crippen LogP contribution is 2.37. The van der Waals surface area contributed by atoms with E-state index in [0.29, 0.717) is 71.9 Å². The van der Waals surface area contributed by atoms with Gasteiger partial charge in [0.25, 0.3) is 5.91 Å². The Morgan fingerprint density at radius 3 is 2.47 bits per heavy atom. The Morgan fingerprint density at radius 2 is 1.68 bits per heavy atom. The standard InChI is InChI=1S/C58H63N9O7S/c1-34(17-18-36-25-28-66(29-26-36)33-51(69)59-38-19-20-42-46(31-38)65(6)64-52(42)43-22-24-50(68)62-55(43)71)73-47-15-10-12-39(35(47)2)40-21-23-49(61-53(40)56(72)74-58(3,4)5)67-30-27-37-11-9-13-41(44(37)32-67)54(70)63-57-60-45-14-7-8-16-48(45)75-57/h7-16,19-21,23,31,34,36,43H,17-18,22,24-30,32-33H2,1-6H3,(H,59,69)(H,60,63,70)(H,62,68,71). The summed E-state index contributed by atoms with van der Waals surface area (Å²) >= 11 is 1.44. The number of likely N-dealkylation sites (tertiary alicyclic amines) is 1. The average Bonchev–Trinajstić information content (AvgIpc) is 3.95. The van der Waals surface area contributed by atoms with E-state index in [4.69, 9.17) is 14.5 Å². The first kappa shape index (κ1) is 51.0. The van der Waals surface area contributed by atoms with Crippen LogP contribution < -0.4 is 25.6 Å². The van der Waals surface area contributed by atoms with Gasteiger partial charge in [-0.25, -0.2) is 14.8 Å². The highest BCUT2D eigenvalue weighted by atomic mass is 32.1. The minimum Gasteiger partial charge on any atom is -0.490 e. The summed E-state index contributed by atoms with van der Waals surface area (Å²) in [7, 11) is 1.81. The zero-order valence-corrected chi connectivity index (χ0v) is 44.1. The molecule has 2 atom stereocenters. The maximum atomic E-state index is 14.1. The fourth-order valence-corrected chi connectivity index (χ4v) is 11.5. The van der Waals surface area contributed by atoms with Crippen molar-refractivity contribution in [3.8, 4) is 16.9 Å². The van der Waals surface area contributed by atoms with Gasteiger partial charge in [0, 0.05) is 48.8 Å². The third kappa shape index (κ3) is 11.4. The molecule has 16 nitrogen and oxygen atoms in total. The molecule has 75 heavy (non-hydrogen) atoms. The third-order valence-electron chi connectivity index (χ3n) is 14.5. The van der Waals surface area contributed by atoms with Crippen molar-refractivity contribution in [2.75, 3.05) is 41.7 Å². The molecule has 0 bridgehead atoms. The molecular weight excluding hydrogens is 967 g/mol. The lowest BCUT2D eigenvalue weighted by Crippen LogP contribution is -2.39. The molecule has 2 unspecified atom stereocenters. The number of hydrogen-bond donors (Lipinski definition) is 3. The topological polar surface area (TPSA) is 190 Å². The second-order valence-corrected chi connectivity index (χ2v) is 22.1. The average molecular weight is 1030 g/mol. The summed E-state index contributed by atoms with van der Waals surface area (Å²) in [6.07, 6.45) is 5.16. The molecule has 2 saturated heterocycles. The molecule has 3 aromatic heterocycles. The van der Waals surface area contributed by atoms with Crippen molar-refractivity contribution in [2.24, 2.45) is 13.0 Å². The van der Waals surface area contributed by atoms with Gasteiger partial charge in [-0.3, -0.25) is 39.4 Å². The van der Waals surface area contributed by atoms with Gasteiger partial charge in [0.2, 0.25) is 17.7 Å². The third-order valence-corrected chi connectivity index (χ3v) is 15.5. The van der Waals surface area contributed by atoms with Gasteiger partial charge in [-0.2, -0.15) is 5.10 Å². The predicted octanol–water partition coefficient (Wildman–Crippen LogP) is 9.74. The molecule has 3 N–H and O–H groups in total. The van der Waals surface area contributed by atoms with Crippen LogP contribution >= 0.6 is 11.3 Å². The minimum absolute atomic E-state index is 0.0689. The smallest absolute Gasteiger partial charge is 0.358 e. The van der Waals surface area contributed by atoms with Gasteiger partial charge in [-0.05, 0) is 169 Å². The monoisotopic (exact) mass is 1030 g/mol. The van der Waals surface area contributed by atoms with Crippen LogP contribution in [0.2, 0.25) is 0 Å². The first-order valence-electron chi connectivity index (χ1n) is 25.9. The summed E-state index contributed by atoms with van der Waals surface area (Å²) in [4.78, 5) is 79.4. The van der Waals surface area contributed by atoms with E-state index in [9.17, 15) is 24.0 Å². The Balaban J connectivity index is 0.753. The molecular formula is C58H63N9O7S. The number of nitrogens with one attached hydrogen (secondary N) is 3. The van der Waals surface area contributed by atoms with Crippen LogP contribution in [0.5, 0.6) is 5.75 Å². The largest absolute Gasteiger partial charge is 0.490 e. The number of hydrogen-bond acceptors (Lipinski definition) is 13. The van der Waals surface area contributed by atoms with Crippen LogP contribution in [0.15, 0.2) is 91.0 Å². The maximum absolute atomic E-state index is 14.1. The number of anilines is 3. The molecule has 4 aromatic carbocycles. The lowest BCUT2D eigenvalue weighted by molar-refractivity contribution is -0.134. The molecule has 7 aromatic rings. The maximum Gasteiger partial charge on any atom is 0.358 e. The number of imide groups is 1. The Labute approximate surface area is 440 Å². The lowest BCUT2D eigenvalue weighted by atomic mass is 9.91. The van der Waals surface area contributed by atoms with Crippen LogP contribution in [0, 0.1) is 12.8 Å². The quantitative estimate of drug-likeness (QED) is 0.0692. The van der Waals surface area contributed by atoms with Gasteiger partial charge in [-0.1, -0.05) is 47.7 Å². The van der Waals surface area contributed by atoms with E-state index in [2.05, 4.69) is 48.8 Å². The number of nitrogens with zero attached hydrogens (tertiary/aromatic N) is 6. The van der Waals surface area contributed by atoms with Crippen LogP contribution in [0.1, 0.15) is 115 Å². The molecule has 10 rings (SSSR count). The molecule has 17 heteroatoms. The number of carbonyl (C=O) groups excluding carboxylic acids is 5. The van der Waals surface area contributed by atoms with Gasteiger partial charge < -0.3 is 19.7 Å². The van der Waals surface area contributed by atoms with Gasteiger partial charge >= 0.3 is 5.97 Å². The number of aromatic nitrogens is 4. The Bertz CT molecular complexity index is 3320. The van der Waals surface area contributed by atoms with E-state index in [-0.39, 0.29) is 41.8 Å². The molecule has 3 aliphatic heterocycles. The highest BCUT2D eigenvalue weighted by Gasteiger charge is 2.33. The number of fused-ring (bicyclic) bond motifs is 3. The normalized spacial score (nSPS) is 16.9. The zero-order chi connectivity index (χ0) is 52.5. The number of carbonyl (C=O) groups is 5. The van der Waals surface area contributed by atoms with Gasteiger partial charge in [0.15, 0.2) is 10.8 Å². The number of aryl methyl sites for hydroxylation is 1. The van der Waals surface area contributed by atoms with Crippen molar-refractivity contribution in [1.82, 2.24) is 30.0 Å². The zero-order valence-electron chi connectivity index (χ0n) is 43.3. The lowest BCUT2D eigenvalue weighted by Gasteiger charge is -2.32. The van der Waals surface area contributed by atoms with Crippen molar-refractivity contribution in [3.05, 3.63) is 125 Å². The summed E-state index contributed by atoms with van der Waals surface area (Å²) in [5, 5.41) is 14.5. The van der Waals surface area contributed by atoms with Crippen molar-refractivity contribution < 1.29 is 33.4 Å². The van der Waals surface area contributed by atoms with E-state index in [0.717, 1.165) is 87.9 Å². The number of para-hydroxylation sites is 1. The first-order chi connectivity index (χ1) is 36.0. The van der Waals surface area contributed by atoms with Crippen LogP contribution in [0.25, 0.3) is 32.2 Å². The molecule has 0 aliphatic carbocycles. The number of rotatable bonds is 14. The number of pyridine rings is 1. The SMILES string of the molecule is Cc1c(OC(C)CCC2CCN(CC(=O)Nc3ccc4c(C5CCC(=O)NC5=O)nn(C)c4c3)CC2)cccc1-c1ccc(N2CCc3cccc(C(=O)Nc4nc5ccccc5s4)c3C2)nc1C(=O)OC(C)(C)C. The van der Waals surface area contributed by atoms with Crippen LogP contribution in [-0.4, -0.2) is 92.1 Å². The Hall–Kier alpha value is -7.50. The summed E-state index contributed by atoms with van der Waals surface area (Å²) in [5.74, 6) is -0.0529. The van der Waals surface area contributed by atoms with Gasteiger partial charge in [0.1, 0.15) is 17.2 Å². The van der Waals surface area contributed by atoms with Gasteiger partial charge in [-0.15, -0.1) is 0 Å². The summed E-state index contributed by atoms with van der Waals surface area (Å²) < 4.78 is 15.3. The van der Waals surface area contributed by atoms with Crippen LogP contribution in [0.3, 0.4) is 0 Å². The number of thiazole rings is 1. The summed E-state index contributed by atoms with van der Waals surface area (Å²) in [5.41, 5.74) is 7.34. The van der Waals surface area contributed by atoms with Crippen molar-refractivity contribution in [2.45, 2.75) is 104 Å². The molecule has 0 radical (unpaired) electrons. The van der Waals surface area contributed by atoms with Crippen molar-refractivity contribution in [3.63, 3.8) is 0 Å². The van der Waals surface area contributed by atoms with E-state index >= 15 is 0 Å². The molecule has 6 heterocycles. The van der Waals surface area contributed by atoms with Gasteiger partial charge in [0.05, 0.1) is 40.0 Å². The van der Waals surface area contributed by atoms with E-state index < -0.39 is 17.5 Å².